The lowest BCUT2D eigenvalue weighted by molar-refractivity contribution is -0.141. The summed E-state index contributed by atoms with van der Waals surface area (Å²) in [6.07, 6.45) is -3.01. The van der Waals surface area contributed by atoms with Gasteiger partial charge in [-0.1, -0.05) is 88.9 Å². The van der Waals surface area contributed by atoms with E-state index in [1.807, 2.05) is 6.08 Å². The number of aromatic nitrogens is 1. The molecule has 8 rings (SSSR count). The number of aromatic hydroxyl groups is 1. The maximum absolute atomic E-state index is 15.3. The van der Waals surface area contributed by atoms with Crippen LogP contribution in [-0.2, 0) is 30.8 Å². The van der Waals surface area contributed by atoms with Gasteiger partial charge in [0.2, 0.25) is 11.8 Å². The number of benzene rings is 3. The van der Waals surface area contributed by atoms with Gasteiger partial charge in [-0.2, -0.15) is 18.2 Å². The first-order chi connectivity index (χ1) is 25.7. The van der Waals surface area contributed by atoms with Crippen molar-refractivity contribution >= 4 is 69.9 Å². The van der Waals surface area contributed by atoms with Crippen molar-refractivity contribution in [3.8, 4) is 5.75 Å². The molecule has 15 heteroatoms. The highest BCUT2D eigenvalue weighted by Crippen LogP contribution is 2.65. The zero-order valence-electron chi connectivity index (χ0n) is 28.1. The van der Waals surface area contributed by atoms with Crippen LogP contribution < -0.4 is 9.91 Å². The smallest absolute Gasteiger partial charge is 0.433 e. The van der Waals surface area contributed by atoms with Gasteiger partial charge in [-0.3, -0.25) is 24.2 Å². The summed E-state index contributed by atoms with van der Waals surface area (Å²) < 4.78 is 41.0. The van der Waals surface area contributed by atoms with Crippen LogP contribution in [0.15, 0.2) is 96.6 Å². The lowest BCUT2D eigenvalue weighted by atomic mass is 9.49. The predicted octanol–water partition coefficient (Wildman–Crippen LogP) is 7.98. The van der Waals surface area contributed by atoms with Crippen LogP contribution in [0.4, 0.5) is 24.7 Å². The van der Waals surface area contributed by atoms with Gasteiger partial charge in [0, 0.05) is 23.0 Å². The Morgan fingerprint density at radius 1 is 0.852 bits per heavy atom. The van der Waals surface area contributed by atoms with Gasteiger partial charge in [0.25, 0.3) is 11.8 Å². The summed E-state index contributed by atoms with van der Waals surface area (Å²) in [5.74, 6) is -7.93. The summed E-state index contributed by atoms with van der Waals surface area (Å²) in [4.78, 5) is 63.6. The van der Waals surface area contributed by atoms with Crippen LogP contribution in [0.25, 0.3) is 0 Å². The van der Waals surface area contributed by atoms with Crippen molar-refractivity contribution in [2.75, 3.05) is 17.0 Å². The van der Waals surface area contributed by atoms with Crippen LogP contribution in [0.2, 0.25) is 15.1 Å². The van der Waals surface area contributed by atoms with Crippen molar-refractivity contribution in [3.05, 3.63) is 128 Å². The molecule has 4 aromatic rings. The number of phenols is 1. The zero-order chi connectivity index (χ0) is 38.4. The number of phenolic OH excluding ortho intramolecular Hbond substituents is 1. The maximum atomic E-state index is 15.3. The molecule has 2 saturated heterocycles. The fourth-order valence-electron chi connectivity index (χ4n) is 9.03. The van der Waals surface area contributed by atoms with Crippen molar-refractivity contribution in [2.45, 2.75) is 30.4 Å². The Kier molecular flexibility index (Phi) is 8.59. The Balaban J connectivity index is 1.30. The second-order valence-electron chi connectivity index (χ2n) is 13.8. The van der Waals surface area contributed by atoms with Crippen LogP contribution in [0.3, 0.4) is 0 Å². The van der Waals surface area contributed by atoms with Crippen LogP contribution >= 0.6 is 34.8 Å². The van der Waals surface area contributed by atoms with Crippen LogP contribution in [0, 0.1) is 23.7 Å². The van der Waals surface area contributed by atoms with E-state index >= 15 is 4.79 Å². The number of anilines is 2. The molecule has 3 heterocycles. The molecular formula is C39H28Cl3F3N4O5. The number of allylic oxidation sites excluding steroid dienone is 2. The quantitative estimate of drug-likeness (QED) is 0.161. The van der Waals surface area contributed by atoms with Gasteiger partial charge in [-0.05, 0) is 72.4 Å². The number of alkyl halides is 3. The molecule has 9 nitrogen and oxygen atoms in total. The summed E-state index contributed by atoms with van der Waals surface area (Å²) in [6.45, 7) is 0. The highest BCUT2D eigenvalue weighted by atomic mass is 35.5. The fraction of sp³-hybridized carbons (Fsp3) is 0.256. The molecule has 54 heavy (non-hydrogen) atoms. The van der Waals surface area contributed by atoms with Crippen LogP contribution in [0.1, 0.15) is 35.6 Å². The number of rotatable bonds is 5. The van der Waals surface area contributed by atoms with Crippen molar-refractivity contribution in [3.63, 3.8) is 0 Å². The average molecular weight is 796 g/mol. The number of hydrazine groups is 1. The fourth-order valence-corrected chi connectivity index (χ4v) is 9.72. The molecule has 3 aromatic carbocycles. The van der Waals surface area contributed by atoms with Crippen molar-refractivity contribution in [2.24, 2.45) is 23.7 Å². The molecule has 4 aliphatic rings. The van der Waals surface area contributed by atoms with E-state index in [0.29, 0.717) is 27.8 Å². The summed E-state index contributed by atoms with van der Waals surface area (Å²) in [5, 5.41) is 12.3. The lowest BCUT2D eigenvalue weighted by Crippen LogP contribution is -2.53. The maximum Gasteiger partial charge on any atom is 0.433 e. The molecule has 0 spiro atoms. The molecule has 2 aliphatic heterocycles. The first-order valence-corrected chi connectivity index (χ1v) is 18.0. The normalized spacial score (nSPS) is 26.4. The topological polar surface area (TPSA) is 111 Å². The summed E-state index contributed by atoms with van der Waals surface area (Å²) in [6, 6.07) is 21.2. The van der Waals surface area contributed by atoms with Crippen LogP contribution in [0.5, 0.6) is 5.75 Å². The predicted molar refractivity (Wildman–Crippen MR) is 194 cm³/mol. The number of amides is 4. The Labute approximate surface area is 321 Å². The lowest BCUT2D eigenvalue weighted by Gasteiger charge is -2.51. The zero-order valence-corrected chi connectivity index (χ0v) is 30.4. The Bertz CT molecular complexity index is 2310. The number of pyridine rings is 1. The van der Waals surface area contributed by atoms with E-state index in [2.05, 4.69) is 4.98 Å². The van der Waals surface area contributed by atoms with Gasteiger partial charge in [-0.25, -0.2) is 9.88 Å². The van der Waals surface area contributed by atoms with Gasteiger partial charge in [-0.15, -0.1) is 0 Å². The molecule has 6 atom stereocenters. The number of hydrogen-bond acceptors (Lipinski definition) is 7. The number of nitrogens with zero attached hydrogens (tertiary/aromatic N) is 4. The van der Waals surface area contributed by atoms with Gasteiger partial charge < -0.3 is 5.11 Å². The standard InChI is InChI=1S/C39H28Cl3F3N4O5/c1-47(33-28(41)14-15-30(46-33)39(43,44)45)49-34(51)25-13-12-23-26(31(25)36(49)53)18-27-35(52)48(21-9-5-8-20(40)16-21)37(54)38(27,19-6-3-2-4-7-19)32(23)24-11-10-22(50)17-29(24)42/h2-12,14-17,25-27,31-32,50H,13,18H2,1H3. The van der Waals surface area contributed by atoms with E-state index in [0.717, 1.165) is 21.0 Å². The van der Waals surface area contributed by atoms with Gasteiger partial charge in [0.05, 0.1) is 33.9 Å². The molecule has 1 aromatic heterocycles. The number of imide groups is 2. The third-order valence-corrected chi connectivity index (χ3v) is 12.0. The minimum Gasteiger partial charge on any atom is -0.508 e. The second-order valence-corrected chi connectivity index (χ2v) is 15.1. The van der Waals surface area contributed by atoms with E-state index in [-0.39, 0.29) is 34.3 Å². The molecule has 3 fully saturated rings. The summed E-state index contributed by atoms with van der Waals surface area (Å²) in [7, 11) is 1.23. The van der Waals surface area contributed by atoms with Gasteiger partial charge in [0.15, 0.2) is 5.82 Å². The molecule has 0 radical (unpaired) electrons. The monoisotopic (exact) mass is 794 g/mol. The highest BCUT2D eigenvalue weighted by Gasteiger charge is 2.70. The van der Waals surface area contributed by atoms with Gasteiger partial charge in [0.1, 0.15) is 11.4 Å². The number of carbonyl (C=O) groups is 4. The first-order valence-electron chi connectivity index (χ1n) is 16.9. The van der Waals surface area contributed by atoms with E-state index < -0.39 is 76.3 Å². The Morgan fingerprint density at radius 3 is 2.28 bits per heavy atom. The second kappa shape index (κ2) is 12.9. The van der Waals surface area contributed by atoms with E-state index in [4.69, 9.17) is 34.8 Å². The molecular weight excluding hydrogens is 768 g/mol. The molecule has 2 aliphatic carbocycles. The number of carbonyl (C=O) groups excluding carboxylic acids is 4. The third kappa shape index (κ3) is 5.25. The van der Waals surface area contributed by atoms with Crippen molar-refractivity contribution in [1.29, 1.82) is 0 Å². The molecule has 1 saturated carbocycles. The summed E-state index contributed by atoms with van der Waals surface area (Å²) >= 11 is 19.5. The summed E-state index contributed by atoms with van der Waals surface area (Å²) in [5.41, 5.74) is -1.09. The third-order valence-electron chi connectivity index (χ3n) is 11.2. The van der Waals surface area contributed by atoms with Crippen molar-refractivity contribution < 1.29 is 37.5 Å². The van der Waals surface area contributed by atoms with E-state index in [1.54, 1.807) is 54.6 Å². The Morgan fingerprint density at radius 2 is 1.59 bits per heavy atom. The van der Waals surface area contributed by atoms with Gasteiger partial charge >= 0.3 is 6.18 Å². The highest BCUT2D eigenvalue weighted by molar-refractivity contribution is 6.33. The van der Waals surface area contributed by atoms with E-state index in [1.165, 1.54) is 25.2 Å². The molecule has 6 unspecified atom stereocenters. The average Bonchev–Trinajstić information content (AvgIpc) is 3.52. The minimum atomic E-state index is -4.83. The molecule has 276 valence electrons. The molecule has 4 amide bonds. The number of halogens is 6. The number of fused-ring (bicyclic) bond motifs is 4. The molecule has 1 N–H and O–H groups in total. The van der Waals surface area contributed by atoms with Crippen molar-refractivity contribution in [1.82, 2.24) is 9.99 Å². The SMILES string of the molecule is CN(c1nc(C(F)(F)F)ccc1Cl)N1C(=O)C2CC=C3C(CC4C(=O)N(c5cccc(Cl)c5)C(=O)C4(c4ccccc4)C3c3ccc(O)cc3Cl)C2C1=O. The van der Waals surface area contributed by atoms with E-state index in [9.17, 15) is 32.7 Å². The minimum absolute atomic E-state index is 0.0329. The number of hydrogen-bond donors (Lipinski definition) is 1. The van der Waals surface area contributed by atoms with Crippen LogP contribution in [-0.4, -0.2) is 45.8 Å². The largest absolute Gasteiger partial charge is 0.508 e. The molecule has 0 bridgehead atoms. The Hall–Kier alpha value is -4.91. The first kappa shape index (κ1) is 36.1.